The molecule has 6 nitrogen and oxygen atoms in total. The standard InChI is InChI=1S/C15H17BrN4O2S/c1-9-13(23-10(2)19-9)14(21)20-5-3-4-12(8-20)22-15-17-6-11(16)7-18-15/h6-7,12H,3-5,8H2,1-2H3. The Bertz CT molecular complexity index is 704. The molecule has 1 unspecified atom stereocenters. The Hall–Kier alpha value is -1.54. The highest BCUT2D eigenvalue weighted by Crippen LogP contribution is 2.23. The van der Waals surface area contributed by atoms with Crippen LogP contribution >= 0.6 is 27.3 Å². The number of carbonyl (C=O) groups is 1. The lowest BCUT2D eigenvalue weighted by atomic mass is 10.1. The summed E-state index contributed by atoms with van der Waals surface area (Å²) in [5, 5.41) is 0.916. The van der Waals surface area contributed by atoms with Crippen molar-refractivity contribution in [1.29, 1.82) is 0 Å². The first-order valence-electron chi connectivity index (χ1n) is 7.40. The molecule has 2 aromatic heterocycles. The van der Waals surface area contributed by atoms with Gasteiger partial charge in [0.2, 0.25) is 0 Å². The molecule has 0 aromatic carbocycles. The van der Waals surface area contributed by atoms with E-state index >= 15 is 0 Å². The van der Waals surface area contributed by atoms with E-state index in [0.29, 0.717) is 12.6 Å². The van der Waals surface area contributed by atoms with E-state index < -0.39 is 0 Å². The number of thiazole rings is 1. The van der Waals surface area contributed by atoms with Gasteiger partial charge in [-0.1, -0.05) is 0 Å². The summed E-state index contributed by atoms with van der Waals surface area (Å²) in [4.78, 5) is 27.8. The van der Waals surface area contributed by atoms with Gasteiger partial charge in [0.25, 0.3) is 5.91 Å². The van der Waals surface area contributed by atoms with Gasteiger partial charge in [-0.2, -0.15) is 0 Å². The maximum absolute atomic E-state index is 12.7. The van der Waals surface area contributed by atoms with E-state index in [4.69, 9.17) is 4.74 Å². The normalized spacial score (nSPS) is 18.0. The number of piperidine rings is 1. The average Bonchev–Trinajstić information content (AvgIpc) is 2.88. The predicted molar refractivity (Wildman–Crippen MR) is 90.9 cm³/mol. The number of hydrogen-bond donors (Lipinski definition) is 0. The average molecular weight is 397 g/mol. The Balaban J connectivity index is 1.67. The van der Waals surface area contributed by atoms with Crippen LogP contribution < -0.4 is 4.74 Å². The quantitative estimate of drug-likeness (QED) is 0.797. The summed E-state index contributed by atoms with van der Waals surface area (Å²) in [6.07, 6.45) is 5.02. The van der Waals surface area contributed by atoms with Crippen LogP contribution in [0.4, 0.5) is 0 Å². The van der Waals surface area contributed by atoms with E-state index in [2.05, 4.69) is 30.9 Å². The molecule has 1 amide bonds. The third-order valence-corrected chi connectivity index (χ3v) is 5.10. The van der Waals surface area contributed by atoms with Gasteiger partial charge in [0, 0.05) is 18.9 Å². The highest BCUT2D eigenvalue weighted by molar-refractivity contribution is 9.10. The molecule has 2 aromatic rings. The number of halogens is 1. The van der Waals surface area contributed by atoms with E-state index in [9.17, 15) is 4.79 Å². The van der Waals surface area contributed by atoms with Crippen molar-refractivity contribution >= 4 is 33.2 Å². The van der Waals surface area contributed by atoms with Gasteiger partial charge in [-0.05, 0) is 42.6 Å². The SMILES string of the molecule is Cc1nc(C)c(C(=O)N2CCCC(Oc3ncc(Br)cn3)C2)s1. The molecule has 1 fully saturated rings. The van der Waals surface area contributed by atoms with E-state index in [0.717, 1.165) is 39.4 Å². The van der Waals surface area contributed by atoms with Crippen LogP contribution in [0.2, 0.25) is 0 Å². The first kappa shape index (κ1) is 16.3. The molecule has 1 saturated heterocycles. The zero-order valence-corrected chi connectivity index (χ0v) is 15.4. The second-order valence-corrected chi connectivity index (χ2v) is 7.58. The number of amides is 1. The van der Waals surface area contributed by atoms with E-state index in [1.807, 2.05) is 18.7 Å². The zero-order valence-electron chi connectivity index (χ0n) is 13.0. The molecule has 0 bridgehead atoms. The second kappa shape index (κ2) is 6.92. The third-order valence-electron chi connectivity index (χ3n) is 3.63. The number of aryl methyl sites for hydroxylation is 2. The molecule has 0 saturated carbocycles. The molecule has 0 aliphatic carbocycles. The summed E-state index contributed by atoms with van der Waals surface area (Å²) in [6.45, 7) is 5.09. The van der Waals surface area contributed by atoms with Gasteiger partial charge in [0.05, 0.1) is 21.7 Å². The number of likely N-dealkylation sites (tertiary alicyclic amines) is 1. The fraction of sp³-hybridized carbons (Fsp3) is 0.467. The van der Waals surface area contributed by atoms with E-state index in [1.165, 1.54) is 11.3 Å². The van der Waals surface area contributed by atoms with E-state index in [-0.39, 0.29) is 12.0 Å². The molecule has 1 aliphatic rings. The molecule has 3 heterocycles. The van der Waals surface area contributed by atoms with Crippen molar-refractivity contribution in [2.75, 3.05) is 13.1 Å². The summed E-state index contributed by atoms with van der Waals surface area (Å²) in [5.74, 6) is 0.0399. The van der Waals surface area contributed by atoms with E-state index in [1.54, 1.807) is 12.4 Å². The monoisotopic (exact) mass is 396 g/mol. The number of hydrogen-bond acceptors (Lipinski definition) is 6. The third kappa shape index (κ3) is 3.87. The lowest BCUT2D eigenvalue weighted by molar-refractivity contribution is 0.0519. The smallest absolute Gasteiger partial charge is 0.316 e. The Morgan fingerprint density at radius 1 is 1.39 bits per heavy atom. The van der Waals surface area contributed by atoms with Crippen LogP contribution in [-0.4, -0.2) is 45.0 Å². The Morgan fingerprint density at radius 2 is 2.13 bits per heavy atom. The number of nitrogens with zero attached hydrogens (tertiary/aromatic N) is 4. The maximum Gasteiger partial charge on any atom is 0.316 e. The van der Waals surface area contributed by atoms with Crippen LogP contribution in [0.25, 0.3) is 0 Å². The molecule has 1 aliphatic heterocycles. The molecule has 3 rings (SSSR count). The number of aromatic nitrogens is 3. The topological polar surface area (TPSA) is 68.2 Å². The minimum atomic E-state index is -0.0804. The summed E-state index contributed by atoms with van der Waals surface area (Å²) >= 11 is 4.75. The van der Waals surface area contributed by atoms with Crippen LogP contribution in [0.3, 0.4) is 0 Å². The highest BCUT2D eigenvalue weighted by atomic mass is 79.9. The number of ether oxygens (including phenoxy) is 1. The van der Waals surface area contributed by atoms with Crippen molar-refractivity contribution in [3.8, 4) is 6.01 Å². The number of rotatable bonds is 3. The summed E-state index contributed by atoms with van der Waals surface area (Å²) < 4.78 is 6.62. The molecule has 122 valence electrons. The molecular formula is C15H17BrN4O2S. The Labute approximate surface area is 147 Å². The van der Waals surface area contributed by atoms with Gasteiger partial charge in [-0.15, -0.1) is 11.3 Å². The summed E-state index contributed by atoms with van der Waals surface area (Å²) in [6, 6.07) is 0.345. The fourth-order valence-electron chi connectivity index (χ4n) is 2.60. The first-order valence-corrected chi connectivity index (χ1v) is 9.01. The van der Waals surface area contributed by atoms with Crippen molar-refractivity contribution < 1.29 is 9.53 Å². The minimum Gasteiger partial charge on any atom is -0.458 e. The predicted octanol–water partition coefficient (Wildman–Crippen LogP) is 3.00. The van der Waals surface area contributed by atoms with Crippen molar-refractivity contribution in [2.24, 2.45) is 0 Å². The fourth-order valence-corrected chi connectivity index (χ4v) is 3.70. The van der Waals surface area contributed by atoms with Crippen LogP contribution in [0, 0.1) is 13.8 Å². The van der Waals surface area contributed by atoms with Crippen molar-refractivity contribution in [2.45, 2.75) is 32.8 Å². The van der Waals surface area contributed by atoms with Gasteiger partial charge in [-0.3, -0.25) is 4.79 Å². The number of carbonyl (C=O) groups excluding carboxylic acids is 1. The van der Waals surface area contributed by atoms with Gasteiger partial charge in [-0.25, -0.2) is 15.0 Å². The lowest BCUT2D eigenvalue weighted by Gasteiger charge is -2.32. The highest BCUT2D eigenvalue weighted by Gasteiger charge is 2.28. The Morgan fingerprint density at radius 3 is 2.78 bits per heavy atom. The van der Waals surface area contributed by atoms with Crippen molar-refractivity contribution in [3.05, 3.63) is 32.4 Å². The van der Waals surface area contributed by atoms with Gasteiger partial charge < -0.3 is 9.64 Å². The molecule has 8 heteroatoms. The maximum atomic E-state index is 12.7. The second-order valence-electron chi connectivity index (χ2n) is 5.46. The minimum absolute atomic E-state index is 0.0399. The van der Waals surface area contributed by atoms with Crippen LogP contribution in [0.1, 0.15) is 33.2 Å². The molecule has 1 atom stereocenters. The van der Waals surface area contributed by atoms with Gasteiger partial charge in [0.15, 0.2) is 0 Å². The van der Waals surface area contributed by atoms with Crippen LogP contribution in [0.15, 0.2) is 16.9 Å². The van der Waals surface area contributed by atoms with Crippen molar-refractivity contribution in [3.63, 3.8) is 0 Å². The zero-order chi connectivity index (χ0) is 16.4. The summed E-state index contributed by atoms with van der Waals surface area (Å²) in [5.41, 5.74) is 0.803. The van der Waals surface area contributed by atoms with Crippen LogP contribution in [0.5, 0.6) is 6.01 Å². The summed E-state index contributed by atoms with van der Waals surface area (Å²) in [7, 11) is 0. The largest absolute Gasteiger partial charge is 0.458 e. The van der Waals surface area contributed by atoms with Crippen LogP contribution in [-0.2, 0) is 0 Å². The van der Waals surface area contributed by atoms with Gasteiger partial charge >= 0.3 is 6.01 Å². The molecular weight excluding hydrogens is 380 g/mol. The molecule has 0 radical (unpaired) electrons. The van der Waals surface area contributed by atoms with Gasteiger partial charge in [0.1, 0.15) is 11.0 Å². The molecule has 23 heavy (non-hydrogen) atoms. The first-order chi connectivity index (χ1) is 11.0. The molecule has 0 spiro atoms. The van der Waals surface area contributed by atoms with Crippen molar-refractivity contribution in [1.82, 2.24) is 19.9 Å². The molecule has 0 N–H and O–H groups in total. The Kier molecular flexibility index (Phi) is 4.91. The lowest BCUT2D eigenvalue weighted by Crippen LogP contribution is -2.44.